The van der Waals surface area contributed by atoms with Gasteiger partial charge in [-0.2, -0.15) is 0 Å². The van der Waals surface area contributed by atoms with E-state index >= 15 is 0 Å². The molecule has 1 amide bonds. The van der Waals surface area contributed by atoms with Crippen LogP contribution in [0.2, 0.25) is 0 Å². The molecule has 1 fully saturated rings. The predicted octanol–water partition coefficient (Wildman–Crippen LogP) is 2.48. The number of hydrogen-bond acceptors (Lipinski definition) is 2. The highest BCUT2D eigenvalue weighted by Gasteiger charge is 2.30. The molecule has 1 saturated heterocycles. The van der Waals surface area contributed by atoms with Crippen molar-refractivity contribution in [3.05, 3.63) is 34.9 Å². The Bertz CT molecular complexity index is 470. The molecule has 3 atom stereocenters. The minimum atomic E-state index is -0.0347. The largest absolute Gasteiger partial charge is 0.348 e. The number of nitrogens with one attached hydrogen (secondary N) is 2. The zero-order valence-corrected chi connectivity index (χ0v) is 12.3. The summed E-state index contributed by atoms with van der Waals surface area (Å²) in [6, 6.07) is 6.40. The van der Waals surface area contributed by atoms with Crippen LogP contribution in [0.25, 0.3) is 0 Å². The summed E-state index contributed by atoms with van der Waals surface area (Å²) in [6.45, 7) is 9.30. The quantitative estimate of drug-likeness (QED) is 0.876. The van der Waals surface area contributed by atoms with Crippen LogP contribution < -0.4 is 10.6 Å². The molecule has 1 aromatic carbocycles. The number of carbonyl (C=O) groups excluding carboxylic acids is 1. The zero-order chi connectivity index (χ0) is 14.0. The Hall–Kier alpha value is -1.35. The molecule has 0 radical (unpaired) electrons. The first-order valence-corrected chi connectivity index (χ1v) is 7.10. The maximum atomic E-state index is 12.3. The van der Waals surface area contributed by atoms with Crippen molar-refractivity contribution in [3.63, 3.8) is 0 Å². The van der Waals surface area contributed by atoms with Gasteiger partial charge in [-0.15, -0.1) is 0 Å². The highest BCUT2D eigenvalue weighted by Crippen LogP contribution is 2.20. The van der Waals surface area contributed by atoms with Crippen LogP contribution in [0.15, 0.2) is 18.2 Å². The molecule has 0 bridgehead atoms. The molecular formula is C16H24N2O. The summed E-state index contributed by atoms with van der Waals surface area (Å²) in [7, 11) is 0. The minimum absolute atomic E-state index is 0.0347. The van der Waals surface area contributed by atoms with E-state index in [0.29, 0.717) is 5.92 Å². The van der Waals surface area contributed by atoms with Crippen LogP contribution >= 0.6 is 0 Å². The summed E-state index contributed by atoms with van der Waals surface area (Å²) in [4.78, 5) is 12.3. The second-order valence-corrected chi connectivity index (χ2v) is 5.79. The number of aryl methyl sites for hydroxylation is 2. The number of benzene rings is 1. The fourth-order valence-corrected chi connectivity index (χ4v) is 2.79. The van der Waals surface area contributed by atoms with Crippen LogP contribution in [0.3, 0.4) is 0 Å². The van der Waals surface area contributed by atoms with Crippen molar-refractivity contribution in [1.82, 2.24) is 10.6 Å². The van der Waals surface area contributed by atoms with Gasteiger partial charge in [0.25, 0.3) is 0 Å². The van der Waals surface area contributed by atoms with Crippen LogP contribution in [0.5, 0.6) is 0 Å². The van der Waals surface area contributed by atoms with Gasteiger partial charge in [0.15, 0.2) is 0 Å². The van der Waals surface area contributed by atoms with E-state index < -0.39 is 0 Å². The fourth-order valence-electron chi connectivity index (χ4n) is 2.79. The first kappa shape index (κ1) is 14.1. The average Bonchev–Trinajstić information content (AvgIpc) is 2.78. The molecule has 104 valence electrons. The number of rotatable bonds is 3. The van der Waals surface area contributed by atoms with Crippen molar-refractivity contribution in [2.75, 3.05) is 6.54 Å². The molecule has 3 heteroatoms. The van der Waals surface area contributed by atoms with Crippen molar-refractivity contribution < 1.29 is 4.79 Å². The third-order valence-corrected chi connectivity index (χ3v) is 4.08. The molecular weight excluding hydrogens is 236 g/mol. The van der Waals surface area contributed by atoms with E-state index in [-0.39, 0.29) is 18.0 Å². The summed E-state index contributed by atoms with van der Waals surface area (Å²) in [6.07, 6.45) is 1.08. The molecule has 0 spiro atoms. The summed E-state index contributed by atoms with van der Waals surface area (Å²) in [5, 5.41) is 6.41. The summed E-state index contributed by atoms with van der Waals surface area (Å²) in [5.74, 6) is 0.546. The maximum absolute atomic E-state index is 12.3. The lowest BCUT2D eigenvalue weighted by molar-refractivity contribution is -0.124. The Morgan fingerprint density at radius 1 is 1.42 bits per heavy atom. The zero-order valence-electron chi connectivity index (χ0n) is 12.3. The molecule has 0 saturated carbocycles. The van der Waals surface area contributed by atoms with E-state index in [2.05, 4.69) is 56.5 Å². The van der Waals surface area contributed by atoms with Gasteiger partial charge in [0.2, 0.25) is 5.91 Å². The monoisotopic (exact) mass is 260 g/mol. The molecule has 0 aromatic heterocycles. The van der Waals surface area contributed by atoms with E-state index in [0.717, 1.165) is 13.0 Å². The molecule has 19 heavy (non-hydrogen) atoms. The second kappa shape index (κ2) is 5.74. The smallest absolute Gasteiger partial charge is 0.237 e. The SMILES string of the molecule is Cc1ccc(C)c(C(C)NC(=O)C2NCCC2C)c1. The summed E-state index contributed by atoms with van der Waals surface area (Å²) < 4.78 is 0. The Morgan fingerprint density at radius 3 is 2.79 bits per heavy atom. The lowest BCUT2D eigenvalue weighted by atomic mass is 9.98. The standard InChI is InChI=1S/C16H24N2O/c1-10-5-6-11(2)14(9-10)13(4)18-16(19)15-12(3)7-8-17-15/h5-6,9,12-13,15,17H,7-8H2,1-4H3,(H,18,19). The number of amides is 1. The van der Waals surface area contributed by atoms with Gasteiger partial charge >= 0.3 is 0 Å². The summed E-state index contributed by atoms with van der Waals surface area (Å²) in [5.41, 5.74) is 3.67. The lowest BCUT2D eigenvalue weighted by Gasteiger charge is -2.21. The fraction of sp³-hybridized carbons (Fsp3) is 0.562. The number of carbonyl (C=O) groups is 1. The van der Waals surface area contributed by atoms with Crippen molar-refractivity contribution in [2.45, 2.75) is 46.2 Å². The predicted molar refractivity (Wildman–Crippen MR) is 78.0 cm³/mol. The first-order valence-electron chi connectivity index (χ1n) is 7.10. The first-order chi connectivity index (χ1) is 8.99. The van der Waals surface area contributed by atoms with Crippen molar-refractivity contribution in [1.29, 1.82) is 0 Å². The van der Waals surface area contributed by atoms with E-state index in [4.69, 9.17) is 0 Å². The molecule has 1 aliphatic heterocycles. The van der Waals surface area contributed by atoms with E-state index in [1.165, 1.54) is 16.7 Å². The Labute approximate surface area is 115 Å². The Morgan fingerprint density at radius 2 is 2.16 bits per heavy atom. The normalized spacial score (nSPS) is 24.2. The van der Waals surface area contributed by atoms with E-state index in [1.54, 1.807) is 0 Å². The Kier molecular flexibility index (Phi) is 4.25. The van der Waals surface area contributed by atoms with E-state index in [9.17, 15) is 4.79 Å². The molecule has 2 N–H and O–H groups in total. The molecule has 3 unspecified atom stereocenters. The minimum Gasteiger partial charge on any atom is -0.348 e. The van der Waals surface area contributed by atoms with Gasteiger partial charge in [-0.25, -0.2) is 0 Å². The van der Waals surface area contributed by atoms with Gasteiger partial charge in [0.1, 0.15) is 0 Å². The third kappa shape index (κ3) is 3.16. The highest BCUT2D eigenvalue weighted by molar-refractivity contribution is 5.82. The molecule has 1 heterocycles. The van der Waals surface area contributed by atoms with Crippen LogP contribution in [0, 0.1) is 19.8 Å². The van der Waals surface area contributed by atoms with Gasteiger partial charge in [0.05, 0.1) is 12.1 Å². The third-order valence-electron chi connectivity index (χ3n) is 4.08. The van der Waals surface area contributed by atoms with Crippen LogP contribution in [-0.4, -0.2) is 18.5 Å². The van der Waals surface area contributed by atoms with E-state index in [1.807, 2.05) is 0 Å². The van der Waals surface area contributed by atoms with Crippen LogP contribution in [0.4, 0.5) is 0 Å². The highest BCUT2D eigenvalue weighted by atomic mass is 16.2. The number of hydrogen-bond donors (Lipinski definition) is 2. The van der Waals surface area contributed by atoms with Gasteiger partial charge in [0, 0.05) is 0 Å². The lowest BCUT2D eigenvalue weighted by Crippen LogP contribution is -2.44. The van der Waals surface area contributed by atoms with Gasteiger partial charge < -0.3 is 10.6 Å². The van der Waals surface area contributed by atoms with Crippen molar-refractivity contribution >= 4 is 5.91 Å². The maximum Gasteiger partial charge on any atom is 0.237 e. The topological polar surface area (TPSA) is 41.1 Å². The molecule has 3 nitrogen and oxygen atoms in total. The van der Waals surface area contributed by atoms with Gasteiger partial charge in [-0.05, 0) is 50.8 Å². The van der Waals surface area contributed by atoms with Crippen LogP contribution in [0.1, 0.15) is 43.0 Å². The average molecular weight is 260 g/mol. The van der Waals surface area contributed by atoms with Crippen molar-refractivity contribution in [2.24, 2.45) is 5.92 Å². The van der Waals surface area contributed by atoms with Gasteiger partial charge in [-0.3, -0.25) is 4.79 Å². The Balaban J connectivity index is 2.06. The van der Waals surface area contributed by atoms with Crippen LogP contribution in [-0.2, 0) is 4.79 Å². The second-order valence-electron chi connectivity index (χ2n) is 5.79. The molecule has 1 aromatic rings. The summed E-state index contributed by atoms with van der Waals surface area (Å²) >= 11 is 0. The molecule has 1 aliphatic rings. The molecule has 2 rings (SSSR count). The molecule has 0 aliphatic carbocycles. The van der Waals surface area contributed by atoms with Gasteiger partial charge in [-0.1, -0.05) is 30.7 Å². The van der Waals surface area contributed by atoms with Crippen molar-refractivity contribution in [3.8, 4) is 0 Å².